The zero-order valence-corrected chi connectivity index (χ0v) is 12.4. The Morgan fingerprint density at radius 1 is 1.05 bits per heavy atom. The zero-order chi connectivity index (χ0) is 14.5. The fraction of sp³-hybridized carbons (Fsp3) is 0.647. The molecule has 0 bridgehead atoms. The van der Waals surface area contributed by atoms with Gasteiger partial charge in [0, 0.05) is 13.0 Å². The third-order valence-corrected chi connectivity index (χ3v) is 4.19. The van der Waals surface area contributed by atoms with Crippen LogP contribution in [0.15, 0.2) is 18.2 Å². The van der Waals surface area contributed by atoms with Crippen LogP contribution < -0.4 is 9.47 Å². The Morgan fingerprint density at radius 2 is 1.90 bits per heavy atom. The number of benzene rings is 1. The van der Waals surface area contributed by atoms with Crippen molar-refractivity contribution in [3.63, 3.8) is 0 Å². The number of fused-ring (bicyclic) bond motifs is 1. The van der Waals surface area contributed by atoms with Gasteiger partial charge in [0.1, 0.15) is 0 Å². The van der Waals surface area contributed by atoms with Gasteiger partial charge in [-0.3, -0.25) is 0 Å². The van der Waals surface area contributed by atoms with E-state index in [-0.39, 0.29) is 0 Å². The molecule has 0 radical (unpaired) electrons. The van der Waals surface area contributed by atoms with E-state index in [1.165, 1.54) is 12.8 Å². The quantitative estimate of drug-likeness (QED) is 0.925. The molecule has 3 rings (SSSR count). The van der Waals surface area contributed by atoms with E-state index in [4.69, 9.17) is 14.2 Å². The van der Waals surface area contributed by atoms with Gasteiger partial charge in [-0.15, -0.1) is 0 Å². The number of aliphatic hydroxyl groups is 1. The van der Waals surface area contributed by atoms with Crippen LogP contribution in [0.3, 0.4) is 0 Å². The van der Waals surface area contributed by atoms with Crippen molar-refractivity contribution in [1.82, 2.24) is 0 Å². The number of hydrogen-bond acceptors (Lipinski definition) is 4. The first-order valence-electron chi connectivity index (χ1n) is 8.02. The molecule has 116 valence electrons. The maximum absolute atomic E-state index is 10.4. The minimum absolute atomic E-state index is 0.314. The van der Waals surface area contributed by atoms with Gasteiger partial charge in [0.2, 0.25) is 0 Å². The van der Waals surface area contributed by atoms with E-state index in [1.807, 2.05) is 18.2 Å². The van der Waals surface area contributed by atoms with Gasteiger partial charge in [-0.2, -0.15) is 0 Å². The summed E-state index contributed by atoms with van der Waals surface area (Å²) < 4.78 is 17.0. The fourth-order valence-electron chi connectivity index (χ4n) is 2.93. The minimum Gasteiger partial charge on any atom is -0.490 e. The molecule has 0 saturated carbocycles. The smallest absolute Gasteiger partial charge is 0.161 e. The Hall–Kier alpha value is -1.26. The molecular formula is C17H24O4. The molecule has 2 heterocycles. The Morgan fingerprint density at radius 3 is 2.71 bits per heavy atom. The Labute approximate surface area is 126 Å². The molecule has 0 amide bonds. The Bertz CT molecular complexity index is 454. The van der Waals surface area contributed by atoms with E-state index in [0.29, 0.717) is 19.3 Å². The number of ether oxygens (including phenoxy) is 3. The lowest BCUT2D eigenvalue weighted by atomic mass is 9.99. The molecule has 1 aromatic carbocycles. The van der Waals surface area contributed by atoms with Crippen LogP contribution in [0, 0.1) is 0 Å². The second-order valence-corrected chi connectivity index (χ2v) is 5.84. The molecule has 1 aromatic rings. The summed E-state index contributed by atoms with van der Waals surface area (Å²) in [5, 5.41) is 10.4. The van der Waals surface area contributed by atoms with Crippen LogP contribution in [-0.4, -0.2) is 31.0 Å². The first-order valence-corrected chi connectivity index (χ1v) is 8.02. The molecular weight excluding hydrogens is 268 g/mol. The van der Waals surface area contributed by atoms with Crippen LogP contribution in [0.5, 0.6) is 11.5 Å². The van der Waals surface area contributed by atoms with Gasteiger partial charge in [-0.25, -0.2) is 0 Å². The van der Waals surface area contributed by atoms with Crippen molar-refractivity contribution >= 4 is 0 Å². The molecule has 0 aliphatic carbocycles. The lowest BCUT2D eigenvalue weighted by Gasteiger charge is -2.23. The van der Waals surface area contributed by atoms with Crippen molar-refractivity contribution in [1.29, 1.82) is 0 Å². The summed E-state index contributed by atoms with van der Waals surface area (Å²) in [7, 11) is 0. The molecule has 2 aliphatic rings. The second-order valence-electron chi connectivity index (χ2n) is 5.84. The van der Waals surface area contributed by atoms with E-state index >= 15 is 0 Å². The van der Waals surface area contributed by atoms with E-state index in [1.54, 1.807) is 0 Å². The van der Waals surface area contributed by atoms with Crippen LogP contribution in [-0.2, 0) is 4.74 Å². The third-order valence-electron chi connectivity index (χ3n) is 4.19. The molecule has 2 aliphatic heterocycles. The van der Waals surface area contributed by atoms with Gasteiger partial charge in [0.25, 0.3) is 0 Å². The van der Waals surface area contributed by atoms with Crippen molar-refractivity contribution in [2.75, 3.05) is 19.8 Å². The van der Waals surface area contributed by atoms with Gasteiger partial charge in [-0.05, 0) is 49.8 Å². The number of hydrogen-bond donors (Lipinski definition) is 1. The van der Waals surface area contributed by atoms with Crippen molar-refractivity contribution in [2.45, 2.75) is 50.7 Å². The van der Waals surface area contributed by atoms with Crippen molar-refractivity contribution in [2.24, 2.45) is 0 Å². The maximum atomic E-state index is 10.4. The van der Waals surface area contributed by atoms with Crippen LogP contribution in [0.1, 0.15) is 50.2 Å². The Balaban J connectivity index is 1.58. The molecule has 0 spiro atoms. The average molecular weight is 292 g/mol. The second kappa shape index (κ2) is 7.14. The summed E-state index contributed by atoms with van der Waals surface area (Å²) >= 11 is 0. The summed E-state index contributed by atoms with van der Waals surface area (Å²) in [6.45, 7) is 2.22. The van der Waals surface area contributed by atoms with Gasteiger partial charge in [0.05, 0.1) is 25.4 Å². The van der Waals surface area contributed by atoms with Crippen LogP contribution in [0.4, 0.5) is 0 Å². The van der Waals surface area contributed by atoms with Crippen LogP contribution in [0.2, 0.25) is 0 Å². The largest absolute Gasteiger partial charge is 0.490 e. The number of rotatable bonds is 4. The summed E-state index contributed by atoms with van der Waals surface area (Å²) in [5.74, 6) is 1.53. The molecule has 4 nitrogen and oxygen atoms in total. The van der Waals surface area contributed by atoms with Gasteiger partial charge >= 0.3 is 0 Å². The highest BCUT2D eigenvalue weighted by Crippen LogP contribution is 2.33. The average Bonchev–Trinajstić information content (AvgIpc) is 2.78. The summed E-state index contributed by atoms with van der Waals surface area (Å²) in [5.41, 5.74) is 0.898. The molecule has 4 heteroatoms. The van der Waals surface area contributed by atoms with Crippen LogP contribution in [0.25, 0.3) is 0 Å². The molecule has 2 unspecified atom stereocenters. The molecule has 2 atom stereocenters. The topological polar surface area (TPSA) is 47.9 Å². The standard InChI is InChI=1S/C17H24O4/c18-15(7-6-14-4-1-2-9-19-14)13-5-8-16-17(12-13)21-11-3-10-20-16/h5,8,12,14-15,18H,1-4,6-7,9-11H2. The van der Waals surface area contributed by atoms with Crippen molar-refractivity contribution in [3.8, 4) is 11.5 Å². The Kier molecular flexibility index (Phi) is 4.99. The highest BCUT2D eigenvalue weighted by Gasteiger charge is 2.18. The van der Waals surface area contributed by atoms with E-state index in [0.717, 1.165) is 49.4 Å². The minimum atomic E-state index is -0.465. The highest BCUT2D eigenvalue weighted by molar-refractivity contribution is 5.44. The zero-order valence-electron chi connectivity index (χ0n) is 12.4. The summed E-state index contributed by atoms with van der Waals surface area (Å²) in [6, 6.07) is 5.74. The van der Waals surface area contributed by atoms with Gasteiger partial charge in [0.15, 0.2) is 11.5 Å². The monoisotopic (exact) mass is 292 g/mol. The SMILES string of the molecule is OC(CCC1CCCCO1)c1ccc2c(c1)OCCCO2. The van der Waals surface area contributed by atoms with Gasteiger partial charge in [-0.1, -0.05) is 6.07 Å². The normalized spacial score (nSPS) is 23.4. The molecule has 21 heavy (non-hydrogen) atoms. The fourth-order valence-corrected chi connectivity index (χ4v) is 2.93. The van der Waals surface area contributed by atoms with Gasteiger partial charge < -0.3 is 19.3 Å². The lowest BCUT2D eigenvalue weighted by Crippen LogP contribution is -2.19. The predicted octanol–water partition coefficient (Wildman–Crippen LogP) is 3.23. The first kappa shape index (κ1) is 14.7. The van der Waals surface area contributed by atoms with Crippen molar-refractivity contribution in [3.05, 3.63) is 23.8 Å². The molecule has 1 N–H and O–H groups in total. The first-order chi connectivity index (χ1) is 10.3. The summed E-state index contributed by atoms with van der Waals surface area (Å²) in [4.78, 5) is 0. The maximum Gasteiger partial charge on any atom is 0.161 e. The van der Waals surface area contributed by atoms with Crippen LogP contribution >= 0.6 is 0 Å². The highest BCUT2D eigenvalue weighted by atomic mass is 16.5. The predicted molar refractivity (Wildman–Crippen MR) is 79.8 cm³/mol. The molecule has 1 saturated heterocycles. The molecule has 1 fully saturated rings. The van der Waals surface area contributed by atoms with E-state index in [9.17, 15) is 5.11 Å². The summed E-state index contributed by atoms with van der Waals surface area (Å²) in [6.07, 6.45) is 5.91. The van der Waals surface area contributed by atoms with E-state index < -0.39 is 6.10 Å². The van der Waals surface area contributed by atoms with Crippen molar-refractivity contribution < 1.29 is 19.3 Å². The number of aliphatic hydroxyl groups excluding tert-OH is 1. The lowest BCUT2D eigenvalue weighted by molar-refractivity contribution is 0.00212. The molecule has 0 aromatic heterocycles. The third kappa shape index (κ3) is 3.89. The van der Waals surface area contributed by atoms with E-state index in [2.05, 4.69) is 0 Å².